The molecule has 0 fully saturated rings. The molecule has 110 valence electrons. The van der Waals surface area contributed by atoms with Crippen molar-refractivity contribution in [2.75, 3.05) is 20.6 Å². The molecule has 0 amide bonds. The first-order valence-corrected chi connectivity index (χ1v) is 7.17. The summed E-state index contributed by atoms with van der Waals surface area (Å²) in [5.41, 5.74) is 1.75. The molecule has 1 N–H and O–H groups in total. The zero-order valence-corrected chi connectivity index (χ0v) is 12.8. The molecule has 21 heavy (non-hydrogen) atoms. The Morgan fingerprint density at radius 2 is 1.52 bits per heavy atom. The SMILES string of the molecule is C=C(CN(C)C)C(O)(Cc1ccccc1)c1ccccc1. The average molecular weight is 281 g/mol. The summed E-state index contributed by atoms with van der Waals surface area (Å²) in [5.74, 6) is 0. The zero-order valence-electron chi connectivity index (χ0n) is 12.8. The van der Waals surface area contributed by atoms with Crippen molar-refractivity contribution in [3.05, 3.63) is 83.9 Å². The lowest BCUT2D eigenvalue weighted by molar-refractivity contribution is 0.0703. The van der Waals surface area contributed by atoms with Gasteiger partial charge in [0.1, 0.15) is 5.60 Å². The van der Waals surface area contributed by atoms with Crippen molar-refractivity contribution in [2.45, 2.75) is 12.0 Å². The molecule has 2 heteroatoms. The van der Waals surface area contributed by atoms with Gasteiger partial charge >= 0.3 is 0 Å². The van der Waals surface area contributed by atoms with Crippen LogP contribution in [0.1, 0.15) is 11.1 Å². The number of aliphatic hydroxyl groups is 1. The van der Waals surface area contributed by atoms with Crippen LogP contribution in [0.2, 0.25) is 0 Å². The van der Waals surface area contributed by atoms with Crippen LogP contribution in [0, 0.1) is 0 Å². The molecule has 2 nitrogen and oxygen atoms in total. The quantitative estimate of drug-likeness (QED) is 0.822. The van der Waals surface area contributed by atoms with E-state index in [1.54, 1.807) is 0 Å². The first kappa shape index (κ1) is 15.5. The standard InChI is InChI=1S/C19H23NO/c1-16(15-20(2)3)19(21,18-12-8-5-9-13-18)14-17-10-6-4-7-11-17/h4-13,21H,1,14-15H2,2-3H3. The van der Waals surface area contributed by atoms with E-state index in [2.05, 4.69) is 6.58 Å². The summed E-state index contributed by atoms with van der Waals surface area (Å²) in [4.78, 5) is 2.03. The van der Waals surface area contributed by atoms with Crippen molar-refractivity contribution in [2.24, 2.45) is 0 Å². The fourth-order valence-corrected chi connectivity index (χ4v) is 2.55. The number of rotatable bonds is 6. The van der Waals surface area contributed by atoms with Crippen LogP contribution >= 0.6 is 0 Å². The molecule has 0 aliphatic carbocycles. The zero-order chi connectivity index (χ0) is 15.3. The first-order chi connectivity index (χ1) is 10.0. The minimum Gasteiger partial charge on any atom is -0.380 e. The third-order valence-corrected chi connectivity index (χ3v) is 3.65. The maximum Gasteiger partial charge on any atom is 0.116 e. The van der Waals surface area contributed by atoms with Crippen molar-refractivity contribution in [1.29, 1.82) is 0 Å². The Bertz CT molecular complexity index is 577. The minimum absolute atomic E-state index is 0.532. The van der Waals surface area contributed by atoms with E-state index in [-0.39, 0.29) is 0 Å². The van der Waals surface area contributed by atoms with Gasteiger partial charge in [-0.15, -0.1) is 0 Å². The van der Waals surface area contributed by atoms with Gasteiger partial charge in [0.2, 0.25) is 0 Å². The molecule has 0 heterocycles. The number of hydrogen-bond acceptors (Lipinski definition) is 2. The first-order valence-electron chi connectivity index (χ1n) is 7.17. The lowest BCUT2D eigenvalue weighted by atomic mass is 9.81. The van der Waals surface area contributed by atoms with Crippen molar-refractivity contribution >= 4 is 0 Å². The highest BCUT2D eigenvalue weighted by Crippen LogP contribution is 2.32. The summed E-state index contributed by atoms with van der Waals surface area (Å²) >= 11 is 0. The van der Waals surface area contributed by atoms with E-state index in [1.165, 1.54) is 0 Å². The van der Waals surface area contributed by atoms with Crippen LogP contribution in [0.3, 0.4) is 0 Å². The van der Waals surface area contributed by atoms with Gasteiger partial charge in [-0.3, -0.25) is 0 Å². The number of nitrogens with zero attached hydrogens (tertiary/aromatic N) is 1. The maximum atomic E-state index is 11.3. The molecule has 2 aromatic carbocycles. The molecule has 0 radical (unpaired) electrons. The van der Waals surface area contributed by atoms with Gasteiger partial charge in [0.05, 0.1) is 0 Å². The smallest absolute Gasteiger partial charge is 0.116 e. The molecular formula is C19H23NO. The third-order valence-electron chi connectivity index (χ3n) is 3.65. The van der Waals surface area contributed by atoms with Gasteiger partial charge < -0.3 is 10.0 Å². The van der Waals surface area contributed by atoms with Gasteiger partial charge in [0.25, 0.3) is 0 Å². The lowest BCUT2D eigenvalue weighted by Crippen LogP contribution is -2.35. The van der Waals surface area contributed by atoms with Gasteiger partial charge in [-0.25, -0.2) is 0 Å². The Morgan fingerprint density at radius 3 is 2.05 bits per heavy atom. The fourth-order valence-electron chi connectivity index (χ4n) is 2.55. The Hall–Kier alpha value is -1.90. The lowest BCUT2D eigenvalue weighted by Gasteiger charge is -2.32. The van der Waals surface area contributed by atoms with E-state index < -0.39 is 5.60 Å². The summed E-state index contributed by atoms with van der Waals surface area (Å²) in [6.07, 6.45) is 0.532. The second-order valence-electron chi connectivity index (χ2n) is 5.73. The highest BCUT2D eigenvalue weighted by Gasteiger charge is 2.32. The van der Waals surface area contributed by atoms with Gasteiger partial charge in [-0.2, -0.15) is 0 Å². The number of likely N-dealkylation sites (N-methyl/N-ethyl adjacent to an activating group) is 1. The molecule has 0 aromatic heterocycles. The Morgan fingerprint density at radius 1 is 1.00 bits per heavy atom. The topological polar surface area (TPSA) is 23.5 Å². The third kappa shape index (κ3) is 3.81. The van der Waals surface area contributed by atoms with Gasteiger partial charge in [0, 0.05) is 13.0 Å². The van der Waals surface area contributed by atoms with E-state index in [9.17, 15) is 5.11 Å². The largest absolute Gasteiger partial charge is 0.380 e. The van der Waals surface area contributed by atoms with Crippen molar-refractivity contribution in [3.63, 3.8) is 0 Å². The van der Waals surface area contributed by atoms with Gasteiger partial charge in [-0.1, -0.05) is 67.2 Å². The van der Waals surface area contributed by atoms with E-state index >= 15 is 0 Å². The molecule has 0 saturated carbocycles. The second kappa shape index (κ2) is 6.70. The molecule has 0 spiro atoms. The predicted molar refractivity (Wildman–Crippen MR) is 88.2 cm³/mol. The van der Waals surface area contributed by atoms with Crippen LogP contribution in [0.4, 0.5) is 0 Å². The molecule has 0 bridgehead atoms. The average Bonchev–Trinajstić information content (AvgIpc) is 2.48. The molecule has 2 rings (SSSR count). The molecular weight excluding hydrogens is 258 g/mol. The van der Waals surface area contributed by atoms with Crippen LogP contribution in [-0.2, 0) is 12.0 Å². The minimum atomic E-state index is -1.05. The highest BCUT2D eigenvalue weighted by molar-refractivity contribution is 5.35. The molecule has 1 atom stereocenters. The van der Waals surface area contributed by atoms with Crippen LogP contribution in [0.15, 0.2) is 72.8 Å². The fraction of sp³-hybridized carbons (Fsp3) is 0.263. The van der Waals surface area contributed by atoms with Crippen LogP contribution in [0.25, 0.3) is 0 Å². The van der Waals surface area contributed by atoms with Crippen LogP contribution in [-0.4, -0.2) is 30.6 Å². The van der Waals surface area contributed by atoms with Gasteiger partial charge in [-0.05, 0) is 30.8 Å². The van der Waals surface area contributed by atoms with Crippen LogP contribution < -0.4 is 0 Å². The van der Waals surface area contributed by atoms with E-state index in [4.69, 9.17) is 0 Å². The van der Waals surface area contributed by atoms with Crippen molar-refractivity contribution in [3.8, 4) is 0 Å². The Kier molecular flexibility index (Phi) is 4.94. The maximum absolute atomic E-state index is 11.3. The van der Waals surface area contributed by atoms with Crippen molar-refractivity contribution in [1.82, 2.24) is 4.90 Å². The summed E-state index contributed by atoms with van der Waals surface area (Å²) < 4.78 is 0. The monoisotopic (exact) mass is 281 g/mol. The van der Waals surface area contributed by atoms with E-state index in [0.29, 0.717) is 13.0 Å². The van der Waals surface area contributed by atoms with Gasteiger partial charge in [0.15, 0.2) is 0 Å². The number of hydrogen-bond donors (Lipinski definition) is 1. The molecule has 1 unspecified atom stereocenters. The highest BCUT2D eigenvalue weighted by atomic mass is 16.3. The molecule has 0 aliphatic rings. The normalized spacial score (nSPS) is 13.9. The van der Waals surface area contributed by atoms with Crippen LogP contribution in [0.5, 0.6) is 0 Å². The Balaban J connectivity index is 2.37. The van der Waals surface area contributed by atoms with E-state index in [1.807, 2.05) is 79.7 Å². The summed E-state index contributed by atoms with van der Waals surface area (Å²) in [5, 5.41) is 11.3. The second-order valence-corrected chi connectivity index (χ2v) is 5.73. The molecule has 0 aliphatic heterocycles. The predicted octanol–water partition coefficient (Wildman–Crippen LogP) is 3.23. The summed E-state index contributed by atoms with van der Waals surface area (Å²) in [7, 11) is 3.97. The summed E-state index contributed by atoms with van der Waals surface area (Å²) in [6, 6.07) is 19.8. The number of benzene rings is 2. The molecule has 0 saturated heterocycles. The molecule has 2 aromatic rings. The summed E-state index contributed by atoms with van der Waals surface area (Å²) in [6.45, 7) is 4.80. The van der Waals surface area contributed by atoms with Crippen molar-refractivity contribution < 1.29 is 5.11 Å². The Labute approximate surface area is 127 Å². The van der Waals surface area contributed by atoms with E-state index in [0.717, 1.165) is 16.7 Å².